The largest absolute Gasteiger partial charge is 0.492 e. The Morgan fingerprint density at radius 1 is 1.29 bits per heavy atom. The van der Waals surface area contributed by atoms with Crippen LogP contribution in [0.25, 0.3) is 11.0 Å². The molecule has 0 atom stereocenters. The number of ether oxygens (including phenoxy) is 1. The van der Waals surface area contributed by atoms with E-state index in [0.29, 0.717) is 30.1 Å². The number of nitrogens with one attached hydrogen (secondary N) is 1. The summed E-state index contributed by atoms with van der Waals surface area (Å²) in [6.07, 6.45) is -4.32. The van der Waals surface area contributed by atoms with E-state index in [1.54, 1.807) is 0 Å². The van der Waals surface area contributed by atoms with Crippen molar-refractivity contribution in [3.8, 4) is 5.75 Å². The van der Waals surface area contributed by atoms with Gasteiger partial charge in [-0.25, -0.2) is 0 Å². The number of rotatable bonds is 6. The van der Waals surface area contributed by atoms with E-state index >= 15 is 0 Å². The minimum atomic E-state index is -4.09. The van der Waals surface area contributed by atoms with E-state index in [1.165, 1.54) is 0 Å². The smallest absolute Gasteiger partial charge is 0.389 e. The molecule has 0 aliphatic carbocycles. The van der Waals surface area contributed by atoms with Gasteiger partial charge in [0.25, 0.3) is 0 Å². The summed E-state index contributed by atoms with van der Waals surface area (Å²) in [6.45, 7) is 2.89. The quantitative estimate of drug-likeness (QED) is 0.611. The van der Waals surface area contributed by atoms with Crippen molar-refractivity contribution in [2.24, 2.45) is 0 Å². The predicted molar refractivity (Wildman–Crippen MR) is 78.2 cm³/mol. The molecule has 0 radical (unpaired) electrons. The Kier molecular flexibility index (Phi) is 4.92. The van der Waals surface area contributed by atoms with Crippen molar-refractivity contribution in [3.05, 3.63) is 23.0 Å². The first-order valence-electron chi connectivity index (χ1n) is 6.83. The van der Waals surface area contributed by atoms with E-state index in [9.17, 15) is 13.2 Å². The van der Waals surface area contributed by atoms with E-state index in [2.05, 4.69) is 4.98 Å². The molecule has 116 valence electrons. The molecular formula is C14H17F3N2OS. The molecular weight excluding hydrogens is 301 g/mol. The number of para-hydroxylation sites is 1. The first-order chi connectivity index (χ1) is 9.92. The molecule has 1 aromatic carbocycles. The first-order valence-corrected chi connectivity index (χ1v) is 7.24. The number of aromatic amines is 1. The van der Waals surface area contributed by atoms with Crippen molar-refractivity contribution in [2.75, 3.05) is 6.61 Å². The molecule has 0 bridgehead atoms. The highest BCUT2D eigenvalue weighted by molar-refractivity contribution is 7.71. The lowest BCUT2D eigenvalue weighted by molar-refractivity contribution is -0.135. The Morgan fingerprint density at radius 2 is 2.05 bits per heavy atom. The zero-order valence-corrected chi connectivity index (χ0v) is 12.5. The van der Waals surface area contributed by atoms with Crippen LogP contribution in [-0.2, 0) is 6.54 Å². The number of fused-ring (bicyclic) bond motifs is 1. The average molecular weight is 318 g/mol. The van der Waals surface area contributed by atoms with E-state index in [0.717, 1.165) is 11.0 Å². The molecule has 0 unspecified atom stereocenters. The number of aromatic nitrogens is 2. The van der Waals surface area contributed by atoms with Crippen molar-refractivity contribution < 1.29 is 17.9 Å². The maximum atomic E-state index is 12.1. The zero-order valence-electron chi connectivity index (χ0n) is 11.7. The number of imidazole rings is 1. The summed E-state index contributed by atoms with van der Waals surface area (Å²) < 4.78 is 44.3. The maximum Gasteiger partial charge on any atom is 0.389 e. The normalized spacial score (nSPS) is 12.0. The standard InChI is InChI=1S/C14H17F3N2OS/c1-2-20-11-7-5-6-10-12(11)18-13(21)19(10)9-4-3-8-14(15,16)17/h5-7H,2-4,8-9H2,1H3,(H,18,21). The highest BCUT2D eigenvalue weighted by atomic mass is 32.1. The van der Waals surface area contributed by atoms with E-state index < -0.39 is 12.6 Å². The number of benzene rings is 1. The van der Waals surface area contributed by atoms with Gasteiger partial charge in [0.2, 0.25) is 0 Å². The fourth-order valence-electron chi connectivity index (χ4n) is 2.25. The summed E-state index contributed by atoms with van der Waals surface area (Å²) in [5, 5.41) is 0. The zero-order chi connectivity index (χ0) is 15.5. The summed E-state index contributed by atoms with van der Waals surface area (Å²) in [6, 6.07) is 5.57. The van der Waals surface area contributed by atoms with Crippen LogP contribution in [0.3, 0.4) is 0 Å². The van der Waals surface area contributed by atoms with Crippen LogP contribution in [-0.4, -0.2) is 22.3 Å². The van der Waals surface area contributed by atoms with E-state index in [1.807, 2.05) is 29.7 Å². The first kappa shape index (κ1) is 15.9. The van der Waals surface area contributed by atoms with Crippen molar-refractivity contribution in [2.45, 2.75) is 38.9 Å². The van der Waals surface area contributed by atoms with Gasteiger partial charge in [-0.2, -0.15) is 13.2 Å². The Hall–Kier alpha value is -1.50. The van der Waals surface area contributed by atoms with E-state index in [-0.39, 0.29) is 6.42 Å². The number of alkyl halides is 3. The molecule has 1 aromatic heterocycles. The third kappa shape index (κ3) is 4.00. The molecule has 0 saturated carbocycles. The number of hydrogen-bond donors (Lipinski definition) is 1. The summed E-state index contributed by atoms with van der Waals surface area (Å²) in [5.74, 6) is 0.704. The third-order valence-electron chi connectivity index (χ3n) is 3.16. The molecule has 0 aliphatic heterocycles. The molecule has 0 fully saturated rings. The van der Waals surface area contributed by atoms with Gasteiger partial charge in [0.1, 0.15) is 11.3 Å². The number of nitrogens with zero attached hydrogens (tertiary/aromatic N) is 1. The highest BCUT2D eigenvalue weighted by Gasteiger charge is 2.25. The number of H-pyrrole nitrogens is 1. The van der Waals surface area contributed by atoms with Crippen LogP contribution < -0.4 is 4.74 Å². The van der Waals surface area contributed by atoms with Gasteiger partial charge in [-0.05, 0) is 44.1 Å². The van der Waals surface area contributed by atoms with Gasteiger partial charge in [-0.15, -0.1) is 0 Å². The minimum absolute atomic E-state index is 0.100. The molecule has 3 nitrogen and oxygen atoms in total. The second-order valence-electron chi connectivity index (χ2n) is 4.74. The van der Waals surface area contributed by atoms with Crippen molar-refractivity contribution in [1.29, 1.82) is 0 Å². The van der Waals surface area contributed by atoms with Crippen LogP contribution in [0.2, 0.25) is 0 Å². The summed E-state index contributed by atoms with van der Waals surface area (Å²) in [7, 11) is 0. The Balaban J connectivity index is 2.15. The molecule has 0 spiro atoms. The average Bonchev–Trinajstić information content (AvgIpc) is 2.71. The Labute approximate surface area is 125 Å². The number of hydrogen-bond acceptors (Lipinski definition) is 2. The van der Waals surface area contributed by atoms with Crippen LogP contribution in [0.4, 0.5) is 13.2 Å². The van der Waals surface area contributed by atoms with Crippen molar-refractivity contribution in [3.63, 3.8) is 0 Å². The third-order valence-corrected chi connectivity index (χ3v) is 3.49. The Bertz CT molecular complexity index is 660. The topological polar surface area (TPSA) is 29.9 Å². The van der Waals surface area contributed by atoms with Gasteiger partial charge >= 0.3 is 6.18 Å². The van der Waals surface area contributed by atoms with Gasteiger partial charge in [0.15, 0.2) is 4.77 Å². The van der Waals surface area contributed by atoms with Crippen LogP contribution >= 0.6 is 12.2 Å². The lowest BCUT2D eigenvalue weighted by atomic mass is 10.2. The van der Waals surface area contributed by atoms with Crippen LogP contribution in [0.5, 0.6) is 5.75 Å². The molecule has 2 rings (SSSR count). The molecule has 0 saturated heterocycles. The lowest BCUT2D eigenvalue weighted by Gasteiger charge is -2.08. The highest BCUT2D eigenvalue weighted by Crippen LogP contribution is 2.26. The van der Waals surface area contributed by atoms with Gasteiger partial charge < -0.3 is 14.3 Å². The molecule has 1 N–H and O–H groups in total. The maximum absolute atomic E-state index is 12.1. The van der Waals surface area contributed by atoms with Gasteiger partial charge in [0, 0.05) is 13.0 Å². The number of halogens is 3. The SMILES string of the molecule is CCOc1cccc2c1[nH]c(=S)n2CCCCC(F)(F)F. The summed E-state index contributed by atoms with van der Waals surface area (Å²) in [4.78, 5) is 3.07. The van der Waals surface area contributed by atoms with Gasteiger partial charge in [-0.3, -0.25) is 0 Å². The molecule has 0 aliphatic rings. The Morgan fingerprint density at radius 3 is 2.71 bits per heavy atom. The molecule has 21 heavy (non-hydrogen) atoms. The van der Waals surface area contributed by atoms with Crippen molar-refractivity contribution in [1.82, 2.24) is 9.55 Å². The lowest BCUT2D eigenvalue weighted by Crippen LogP contribution is -2.07. The minimum Gasteiger partial charge on any atom is -0.492 e. The fourth-order valence-corrected chi connectivity index (χ4v) is 2.54. The number of aryl methyl sites for hydroxylation is 1. The van der Waals surface area contributed by atoms with Crippen LogP contribution in [0, 0.1) is 4.77 Å². The fraction of sp³-hybridized carbons (Fsp3) is 0.500. The van der Waals surface area contributed by atoms with Gasteiger partial charge in [0.05, 0.1) is 12.1 Å². The summed E-state index contributed by atoms with van der Waals surface area (Å²) >= 11 is 5.25. The molecule has 2 aromatic rings. The molecule has 1 heterocycles. The van der Waals surface area contributed by atoms with E-state index in [4.69, 9.17) is 17.0 Å². The summed E-state index contributed by atoms with van der Waals surface area (Å²) in [5.41, 5.74) is 1.65. The molecule has 0 amide bonds. The predicted octanol–water partition coefficient (Wildman–Crippen LogP) is 4.83. The second-order valence-corrected chi connectivity index (χ2v) is 5.12. The second kappa shape index (κ2) is 6.51. The van der Waals surface area contributed by atoms with Crippen LogP contribution in [0.15, 0.2) is 18.2 Å². The molecule has 7 heteroatoms. The van der Waals surface area contributed by atoms with Crippen molar-refractivity contribution >= 4 is 23.3 Å². The number of unbranched alkanes of at least 4 members (excludes halogenated alkanes) is 1. The van der Waals surface area contributed by atoms with Crippen LogP contribution in [0.1, 0.15) is 26.2 Å². The monoisotopic (exact) mass is 318 g/mol. The van der Waals surface area contributed by atoms with Gasteiger partial charge in [-0.1, -0.05) is 6.07 Å².